The van der Waals surface area contributed by atoms with Crippen molar-refractivity contribution in [3.8, 4) is 5.75 Å². The summed E-state index contributed by atoms with van der Waals surface area (Å²) in [7, 11) is 1.70. The average Bonchev–Trinajstić information content (AvgIpc) is 2.55. The molecule has 0 radical (unpaired) electrons. The molecule has 2 bridgehead atoms. The summed E-state index contributed by atoms with van der Waals surface area (Å²) in [6, 6.07) is 8.46. The van der Waals surface area contributed by atoms with Gasteiger partial charge in [0, 0.05) is 5.54 Å². The lowest BCUT2D eigenvalue weighted by molar-refractivity contribution is 0.00451. The highest BCUT2D eigenvalue weighted by Crippen LogP contribution is 2.53. The zero-order chi connectivity index (χ0) is 18.1. The molecule has 0 saturated heterocycles. The van der Waals surface area contributed by atoms with Crippen LogP contribution < -0.4 is 10.1 Å². The molecule has 0 atom stereocenters. The van der Waals surface area contributed by atoms with Crippen molar-refractivity contribution in [2.24, 2.45) is 5.41 Å². The van der Waals surface area contributed by atoms with Gasteiger partial charge in [-0.2, -0.15) is 0 Å². The lowest BCUT2D eigenvalue weighted by atomic mass is 9.55. The van der Waals surface area contributed by atoms with E-state index in [9.17, 15) is 4.79 Å². The Morgan fingerprint density at radius 1 is 1.04 bits per heavy atom. The zero-order valence-corrected chi connectivity index (χ0v) is 16.0. The Morgan fingerprint density at radius 2 is 1.60 bits per heavy atom. The summed E-state index contributed by atoms with van der Waals surface area (Å²) < 4.78 is 10.7. The van der Waals surface area contributed by atoms with Gasteiger partial charge >= 0.3 is 6.09 Å². The molecule has 1 N–H and O–H groups in total. The molecule has 1 amide bonds. The summed E-state index contributed by atoms with van der Waals surface area (Å²) in [4.78, 5) is 12.2. The van der Waals surface area contributed by atoms with Crippen molar-refractivity contribution >= 4 is 6.09 Å². The number of fused-ring (bicyclic) bond motifs is 3. The largest absolute Gasteiger partial charge is 0.497 e. The van der Waals surface area contributed by atoms with Gasteiger partial charge < -0.3 is 14.8 Å². The molecule has 4 rings (SSSR count). The van der Waals surface area contributed by atoms with Crippen LogP contribution in [-0.2, 0) is 11.2 Å². The smallest absolute Gasteiger partial charge is 0.408 e. The van der Waals surface area contributed by atoms with E-state index in [0.29, 0.717) is 5.41 Å². The van der Waals surface area contributed by atoms with Crippen LogP contribution in [0.15, 0.2) is 24.3 Å². The fourth-order valence-corrected chi connectivity index (χ4v) is 4.41. The van der Waals surface area contributed by atoms with Crippen LogP contribution in [0.4, 0.5) is 4.79 Å². The predicted octanol–water partition coefficient (Wildman–Crippen LogP) is 4.86. The van der Waals surface area contributed by atoms with Gasteiger partial charge in [0.25, 0.3) is 0 Å². The molecule has 0 aliphatic heterocycles. The van der Waals surface area contributed by atoms with E-state index in [1.165, 1.54) is 24.8 Å². The lowest BCUT2D eigenvalue weighted by Crippen LogP contribution is -2.57. The Morgan fingerprint density at radius 3 is 2.08 bits per heavy atom. The van der Waals surface area contributed by atoms with Gasteiger partial charge in [-0.15, -0.1) is 0 Å². The second-order valence-corrected chi connectivity index (χ2v) is 8.93. The predicted molar refractivity (Wildman–Crippen MR) is 98.9 cm³/mol. The van der Waals surface area contributed by atoms with Gasteiger partial charge in [0.05, 0.1) is 7.11 Å². The van der Waals surface area contributed by atoms with Crippen molar-refractivity contribution in [1.29, 1.82) is 0 Å². The molecule has 0 aromatic heterocycles. The maximum Gasteiger partial charge on any atom is 0.408 e. The summed E-state index contributed by atoms with van der Waals surface area (Å²) in [6.07, 6.45) is 7.56. The number of methoxy groups -OCH3 is 1. The van der Waals surface area contributed by atoms with Gasteiger partial charge in [0.2, 0.25) is 0 Å². The minimum Gasteiger partial charge on any atom is -0.497 e. The van der Waals surface area contributed by atoms with Crippen molar-refractivity contribution in [2.75, 3.05) is 7.11 Å². The van der Waals surface area contributed by atoms with Crippen molar-refractivity contribution < 1.29 is 14.3 Å². The maximum atomic E-state index is 12.2. The molecule has 0 spiro atoms. The molecule has 4 nitrogen and oxygen atoms in total. The number of ether oxygens (including phenoxy) is 2. The summed E-state index contributed by atoms with van der Waals surface area (Å²) in [5.74, 6) is 0.911. The number of carbonyl (C=O) groups excluding carboxylic acids is 1. The fraction of sp³-hybridized carbons (Fsp3) is 0.667. The third kappa shape index (κ3) is 4.28. The van der Waals surface area contributed by atoms with Gasteiger partial charge in [0.1, 0.15) is 11.4 Å². The Hall–Kier alpha value is -1.71. The molecule has 1 aromatic carbocycles. The standard InChI is InChI=1S/C21H31NO3/c1-19(2,3)25-18(23)22-21-12-9-20(10-13-21,11-14-21)15-16-5-7-17(24-4)8-6-16/h5-8H,9-15H2,1-4H3,(H,22,23). The number of alkyl carbamates (subject to hydrolysis) is 1. The SMILES string of the molecule is COc1ccc(CC23CCC(NC(=O)OC(C)(C)C)(CC2)CC3)cc1. The quantitative estimate of drug-likeness (QED) is 0.848. The molecule has 0 unspecified atom stereocenters. The minimum atomic E-state index is -0.442. The van der Waals surface area contributed by atoms with Crippen LogP contribution in [0.2, 0.25) is 0 Å². The third-order valence-corrected chi connectivity index (χ3v) is 5.91. The monoisotopic (exact) mass is 345 g/mol. The molecule has 25 heavy (non-hydrogen) atoms. The number of benzene rings is 1. The first-order valence-electron chi connectivity index (χ1n) is 9.37. The van der Waals surface area contributed by atoms with E-state index in [4.69, 9.17) is 9.47 Å². The second kappa shape index (κ2) is 6.54. The second-order valence-electron chi connectivity index (χ2n) is 8.93. The highest BCUT2D eigenvalue weighted by molar-refractivity contribution is 5.69. The van der Waals surface area contributed by atoms with Crippen LogP contribution in [0.5, 0.6) is 5.75 Å². The number of carbonyl (C=O) groups is 1. The molecule has 0 heterocycles. The van der Waals surface area contributed by atoms with Crippen LogP contribution in [0.3, 0.4) is 0 Å². The summed E-state index contributed by atoms with van der Waals surface area (Å²) in [5, 5.41) is 3.19. The Labute approximate surface area is 151 Å². The van der Waals surface area contributed by atoms with Crippen molar-refractivity contribution in [3.63, 3.8) is 0 Å². The highest BCUT2D eigenvalue weighted by atomic mass is 16.6. The summed E-state index contributed by atoms with van der Waals surface area (Å²) in [5.41, 5.74) is 1.29. The van der Waals surface area contributed by atoms with Crippen LogP contribution in [0, 0.1) is 5.41 Å². The van der Waals surface area contributed by atoms with Crippen molar-refractivity contribution in [2.45, 2.75) is 76.9 Å². The van der Waals surface area contributed by atoms with Crippen LogP contribution >= 0.6 is 0 Å². The topological polar surface area (TPSA) is 47.6 Å². The van der Waals surface area contributed by atoms with E-state index in [1.54, 1.807) is 7.11 Å². The number of rotatable bonds is 4. The lowest BCUT2D eigenvalue weighted by Gasteiger charge is -2.53. The Bertz CT molecular complexity index is 590. The van der Waals surface area contributed by atoms with Crippen LogP contribution in [0.1, 0.15) is 64.9 Å². The zero-order valence-electron chi connectivity index (χ0n) is 16.0. The average molecular weight is 345 g/mol. The Balaban J connectivity index is 1.59. The first-order chi connectivity index (χ1) is 11.7. The first kappa shape index (κ1) is 18.1. The van der Waals surface area contributed by atoms with E-state index >= 15 is 0 Å². The highest BCUT2D eigenvalue weighted by Gasteiger charge is 2.49. The first-order valence-corrected chi connectivity index (χ1v) is 9.37. The maximum absolute atomic E-state index is 12.2. The molecular weight excluding hydrogens is 314 g/mol. The molecule has 3 fully saturated rings. The van der Waals surface area contributed by atoms with E-state index in [2.05, 4.69) is 17.4 Å². The van der Waals surface area contributed by atoms with Gasteiger partial charge in [-0.1, -0.05) is 12.1 Å². The normalized spacial score (nSPS) is 28.5. The van der Waals surface area contributed by atoms with Crippen molar-refractivity contribution in [3.05, 3.63) is 29.8 Å². The van der Waals surface area contributed by atoms with Gasteiger partial charge in [-0.05, 0) is 88.8 Å². The number of amides is 1. The molecule has 3 aliphatic rings. The molecule has 3 aliphatic carbocycles. The fourth-order valence-electron chi connectivity index (χ4n) is 4.41. The molecule has 138 valence electrons. The molecule has 1 aromatic rings. The third-order valence-electron chi connectivity index (χ3n) is 5.91. The summed E-state index contributed by atoms with van der Waals surface area (Å²) in [6.45, 7) is 5.73. The minimum absolute atomic E-state index is 0.0516. The van der Waals surface area contributed by atoms with E-state index < -0.39 is 5.60 Å². The number of nitrogens with one attached hydrogen (secondary N) is 1. The van der Waals surface area contributed by atoms with E-state index in [-0.39, 0.29) is 11.6 Å². The molecule has 4 heteroatoms. The summed E-state index contributed by atoms with van der Waals surface area (Å²) >= 11 is 0. The van der Waals surface area contributed by atoms with Crippen LogP contribution in [-0.4, -0.2) is 24.3 Å². The van der Waals surface area contributed by atoms with Crippen molar-refractivity contribution in [1.82, 2.24) is 5.32 Å². The van der Waals surface area contributed by atoms with Gasteiger partial charge in [-0.25, -0.2) is 4.79 Å². The van der Waals surface area contributed by atoms with E-state index in [1.807, 2.05) is 32.9 Å². The van der Waals surface area contributed by atoms with Crippen LogP contribution in [0.25, 0.3) is 0 Å². The Kier molecular flexibility index (Phi) is 4.74. The van der Waals surface area contributed by atoms with E-state index in [0.717, 1.165) is 31.4 Å². The number of hydrogen-bond donors (Lipinski definition) is 1. The number of hydrogen-bond acceptors (Lipinski definition) is 3. The van der Waals surface area contributed by atoms with Gasteiger partial charge in [0.15, 0.2) is 0 Å². The van der Waals surface area contributed by atoms with Gasteiger partial charge in [-0.3, -0.25) is 0 Å². The molecule has 3 saturated carbocycles. The molecular formula is C21H31NO3.